The fourth-order valence-electron chi connectivity index (χ4n) is 2.16. The first-order valence-electron chi connectivity index (χ1n) is 5.98. The molecule has 0 aliphatic carbocycles. The number of rotatable bonds is 3. The second-order valence-corrected chi connectivity index (χ2v) is 5.31. The normalized spacial score (nSPS) is 24.3. The quantitative estimate of drug-likeness (QED) is 0.901. The fourth-order valence-corrected chi connectivity index (χ4v) is 2.55. The van der Waals surface area contributed by atoms with E-state index in [0.717, 1.165) is 16.6 Å². The van der Waals surface area contributed by atoms with Gasteiger partial charge in [-0.05, 0) is 40.9 Å². The van der Waals surface area contributed by atoms with Crippen molar-refractivity contribution < 1.29 is 14.6 Å². The Morgan fingerprint density at radius 1 is 1.33 bits per heavy atom. The van der Waals surface area contributed by atoms with Gasteiger partial charge in [0.25, 0.3) is 0 Å². The maximum atomic E-state index is 11.6. The molecule has 0 spiro atoms. The third kappa shape index (κ3) is 2.84. The Balaban J connectivity index is 2.25. The molecule has 1 heterocycles. The van der Waals surface area contributed by atoms with Crippen molar-refractivity contribution in [2.24, 2.45) is 0 Å². The van der Waals surface area contributed by atoms with Crippen molar-refractivity contribution in [3.8, 4) is 0 Å². The first-order valence-corrected chi connectivity index (χ1v) is 6.77. The van der Waals surface area contributed by atoms with Crippen molar-refractivity contribution in [1.82, 2.24) is 0 Å². The predicted octanol–water partition coefficient (Wildman–Crippen LogP) is 2.88. The van der Waals surface area contributed by atoms with E-state index in [9.17, 15) is 9.90 Å². The smallest absolute Gasteiger partial charge is 0.329 e. The summed E-state index contributed by atoms with van der Waals surface area (Å²) in [6, 6.07) is 7.56. The van der Waals surface area contributed by atoms with Crippen LogP contribution in [0.2, 0.25) is 0 Å². The van der Waals surface area contributed by atoms with Gasteiger partial charge in [0.15, 0.2) is 0 Å². The van der Waals surface area contributed by atoms with E-state index in [-0.39, 0.29) is 0 Å². The molecule has 4 nitrogen and oxygen atoms in total. The van der Waals surface area contributed by atoms with Crippen LogP contribution in [0.5, 0.6) is 0 Å². The van der Waals surface area contributed by atoms with Crippen LogP contribution in [0.3, 0.4) is 0 Å². The number of anilines is 1. The van der Waals surface area contributed by atoms with E-state index in [1.54, 1.807) is 0 Å². The molecule has 2 N–H and O–H groups in total. The molecule has 1 fully saturated rings. The van der Waals surface area contributed by atoms with Crippen LogP contribution in [0.4, 0.5) is 5.69 Å². The molecule has 0 amide bonds. The highest BCUT2D eigenvalue weighted by Crippen LogP contribution is 2.30. The predicted molar refractivity (Wildman–Crippen MR) is 72.8 cm³/mol. The molecule has 1 aliphatic heterocycles. The third-order valence-corrected chi connectivity index (χ3v) is 3.91. The monoisotopic (exact) mass is 313 g/mol. The van der Waals surface area contributed by atoms with Crippen LogP contribution >= 0.6 is 15.9 Å². The number of halogens is 1. The van der Waals surface area contributed by atoms with Crippen molar-refractivity contribution in [3.63, 3.8) is 0 Å². The summed E-state index contributed by atoms with van der Waals surface area (Å²) in [5, 5.41) is 12.7. The summed E-state index contributed by atoms with van der Waals surface area (Å²) in [5.74, 6) is -0.816. The zero-order valence-corrected chi connectivity index (χ0v) is 11.6. The van der Waals surface area contributed by atoms with E-state index in [4.69, 9.17) is 4.74 Å². The minimum atomic E-state index is -0.930. The van der Waals surface area contributed by atoms with Gasteiger partial charge in [-0.2, -0.15) is 0 Å². The van der Waals surface area contributed by atoms with Gasteiger partial charge < -0.3 is 15.2 Å². The zero-order valence-electron chi connectivity index (χ0n) is 9.99. The number of aliphatic carboxylic acids is 1. The maximum Gasteiger partial charge on any atom is 0.329 e. The average molecular weight is 314 g/mol. The Hall–Kier alpha value is -1.07. The molecule has 1 aliphatic rings. The van der Waals surface area contributed by atoms with E-state index in [0.29, 0.717) is 26.1 Å². The number of hydrogen-bond donors (Lipinski definition) is 2. The van der Waals surface area contributed by atoms with E-state index in [1.165, 1.54) is 0 Å². The van der Waals surface area contributed by atoms with Crippen LogP contribution in [0.15, 0.2) is 28.7 Å². The molecule has 5 heteroatoms. The van der Waals surface area contributed by atoms with Crippen LogP contribution in [0, 0.1) is 0 Å². The highest BCUT2D eigenvalue weighted by molar-refractivity contribution is 9.10. The molecule has 1 aromatic rings. The molecular formula is C13H16BrNO3. The number of benzene rings is 1. The molecule has 2 rings (SSSR count). The summed E-state index contributed by atoms with van der Waals surface area (Å²) in [7, 11) is 0. The molecule has 0 saturated carbocycles. The number of ether oxygens (including phenoxy) is 1. The van der Waals surface area contributed by atoms with Gasteiger partial charge in [-0.25, -0.2) is 4.79 Å². The summed E-state index contributed by atoms with van der Waals surface area (Å²) in [4.78, 5) is 11.6. The first kappa shape index (κ1) is 13.4. The fraction of sp³-hybridized carbons (Fsp3) is 0.462. The molecule has 0 bridgehead atoms. The van der Waals surface area contributed by atoms with Crippen molar-refractivity contribution in [3.05, 3.63) is 28.7 Å². The first-order chi connectivity index (χ1) is 8.64. The Labute approximate surface area is 114 Å². The van der Waals surface area contributed by atoms with E-state index in [1.807, 2.05) is 24.3 Å². The summed E-state index contributed by atoms with van der Waals surface area (Å²) in [6.45, 7) is 1.11. The minimum absolute atomic E-state index is 0.476. The van der Waals surface area contributed by atoms with E-state index < -0.39 is 11.5 Å². The Kier molecular flexibility index (Phi) is 4.24. The topological polar surface area (TPSA) is 58.6 Å². The maximum absolute atomic E-state index is 11.6. The molecule has 1 aromatic carbocycles. The highest BCUT2D eigenvalue weighted by Gasteiger charge is 2.39. The van der Waals surface area contributed by atoms with Gasteiger partial charge in [-0.3, -0.25) is 0 Å². The lowest BCUT2D eigenvalue weighted by atomic mass is 9.90. The molecule has 1 saturated heterocycles. The number of para-hydroxylation sites is 1. The summed E-state index contributed by atoms with van der Waals surface area (Å²) < 4.78 is 6.22. The summed E-state index contributed by atoms with van der Waals surface area (Å²) >= 11 is 3.43. The van der Waals surface area contributed by atoms with Crippen molar-refractivity contribution in [1.29, 1.82) is 0 Å². The van der Waals surface area contributed by atoms with Gasteiger partial charge in [0.05, 0.1) is 0 Å². The molecule has 98 valence electrons. The third-order valence-electron chi connectivity index (χ3n) is 3.22. The number of carboxylic acid groups (broad SMARTS) is 1. The van der Waals surface area contributed by atoms with Crippen molar-refractivity contribution >= 4 is 27.6 Å². The minimum Gasteiger partial charge on any atom is -0.480 e. The summed E-state index contributed by atoms with van der Waals surface area (Å²) in [5.41, 5.74) is -0.123. The SMILES string of the molecule is O=C(O)C1(Nc2ccccc2Br)CCCOCC1. The standard InChI is InChI=1S/C13H16BrNO3/c14-10-4-1-2-5-11(10)15-13(12(16)17)6-3-8-18-9-7-13/h1-2,4-5,15H,3,6-9H2,(H,16,17). The Bertz CT molecular complexity index is 428. The van der Waals surface area contributed by atoms with Crippen molar-refractivity contribution in [2.75, 3.05) is 18.5 Å². The van der Waals surface area contributed by atoms with Crippen LogP contribution in [0.25, 0.3) is 0 Å². The Morgan fingerprint density at radius 3 is 2.83 bits per heavy atom. The van der Waals surface area contributed by atoms with Gasteiger partial charge in [0, 0.05) is 29.8 Å². The molecule has 1 atom stereocenters. The average Bonchev–Trinajstić information content (AvgIpc) is 2.59. The summed E-state index contributed by atoms with van der Waals surface area (Å²) in [6.07, 6.45) is 1.80. The lowest BCUT2D eigenvalue weighted by molar-refractivity contribution is -0.142. The van der Waals surface area contributed by atoms with Gasteiger partial charge in [0.1, 0.15) is 5.54 Å². The second-order valence-electron chi connectivity index (χ2n) is 4.46. The zero-order chi connectivity index (χ0) is 13.0. The van der Waals surface area contributed by atoms with Crippen LogP contribution in [-0.4, -0.2) is 29.8 Å². The number of nitrogens with one attached hydrogen (secondary N) is 1. The lowest BCUT2D eigenvalue weighted by Gasteiger charge is -2.30. The van der Waals surface area contributed by atoms with Gasteiger partial charge in [-0.1, -0.05) is 12.1 Å². The van der Waals surface area contributed by atoms with Crippen LogP contribution in [0.1, 0.15) is 19.3 Å². The van der Waals surface area contributed by atoms with Crippen LogP contribution in [-0.2, 0) is 9.53 Å². The largest absolute Gasteiger partial charge is 0.480 e. The highest BCUT2D eigenvalue weighted by atomic mass is 79.9. The molecule has 1 unspecified atom stereocenters. The Morgan fingerprint density at radius 2 is 2.11 bits per heavy atom. The van der Waals surface area contributed by atoms with Gasteiger partial charge in [-0.15, -0.1) is 0 Å². The van der Waals surface area contributed by atoms with E-state index >= 15 is 0 Å². The van der Waals surface area contributed by atoms with Crippen LogP contribution < -0.4 is 5.32 Å². The molecule has 0 aromatic heterocycles. The van der Waals surface area contributed by atoms with E-state index in [2.05, 4.69) is 21.2 Å². The van der Waals surface area contributed by atoms with Gasteiger partial charge in [0.2, 0.25) is 0 Å². The number of carbonyl (C=O) groups is 1. The number of carboxylic acids is 1. The van der Waals surface area contributed by atoms with Crippen molar-refractivity contribution in [2.45, 2.75) is 24.8 Å². The second kappa shape index (κ2) is 5.71. The lowest BCUT2D eigenvalue weighted by Crippen LogP contribution is -2.46. The molecule has 0 radical (unpaired) electrons. The number of hydrogen-bond acceptors (Lipinski definition) is 3. The molecule has 18 heavy (non-hydrogen) atoms. The molecular weight excluding hydrogens is 298 g/mol. The van der Waals surface area contributed by atoms with Gasteiger partial charge >= 0.3 is 5.97 Å².